The van der Waals surface area contributed by atoms with Crippen LogP contribution in [0, 0.1) is 0 Å². The molecule has 2 aromatic carbocycles. The van der Waals surface area contributed by atoms with Crippen molar-refractivity contribution in [1.29, 1.82) is 0 Å². The van der Waals surface area contributed by atoms with Crippen molar-refractivity contribution in [3.8, 4) is 0 Å². The summed E-state index contributed by atoms with van der Waals surface area (Å²) in [7, 11) is 0. The van der Waals surface area contributed by atoms with E-state index in [0.717, 1.165) is 5.56 Å². The van der Waals surface area contributed by atoms with Crippen LogP contribution in [0.15, 0.2) is 42.5 Å². The minimum Gasteiger partial charge on any atom is -0.481 e. The summed E-state index contributed by atoms with van der Waals surface area (Å²) in [6.07, 6.45) is 1.15. The van der Waals surface area contributed by atoms with Gasteiger partial charge in [-0.2, -0.15) is 0 Å². The Labute approximate surface area is 133 Å². The molecule has 0 spiro atoms. The standard InChI is InChI=1S/C17H19NO3S/c19-16(18-9-10-22-12-17(20)21)8-6-13-5-7-14-3-1-2-4-15(14)11-13/h1-5,7,11H,6,8-10,12H2,(H,18,19)(H,20,21). The van der Waals surface area contributed by atoms with Crippen LogP contribution in [-0.4, -0.2) is 35.0 Å². The van der Waals surface area contributed by atoms with Crippen molar-refractivity contribution in [3.05, 3.63) is 48.0 Å². The molecule has 4 nitrogen and oxygen atoms in total. The molecule has 0 aromatic heterocycles. The summed E-state index contributed by atoms with van der Waals surface area (Å²) >= 11 is 1.30. The molecule has 0 unspecified atom stereocenters. The SMILES string of the molecule is O=C(O)CSCCNC(=O)CCc1ccc2ccccc2c1. The normalized spacial score (nSPS) is 10.5. The van der Waals surface area contributed by atoms with Gasteiger partial charge in [-0.25, -0.2) is 0 Å². The van der Waals surface area contributed by atoms with Crippen LogP contribution in [0.2, 0.25) is 0 Å². The fourth-order valence-corrected chi connectivity index (χ4v) is 2.73. The number of benzene rings is 2. The van der Waals surface area contributed by atoms with Crippen LogP contribution in [0.3, 0.4) is 0 Å². The summed E-state index contributed by atoms with van der Waals surface area (Å²) < 4.78 is 0. The molecule has 2 rings (SSSR count). The molecule has 1 amide bonds. The van der Waals surface area contributed by atoms with E-state index in [0.29, 0.717) is 25.1 Å². The number of fused-ring (bicyclic) bond motifs is 1. The molecule has 0 saturated carbocycles. The summed E-state index contributed by atoms with van der Waals surface area (Å²) in [5, 5.41) is 13.7. The van der Waals surface area contributed by atoms with E-state index in [2.05, 4.69) is 35.6 Å². The average molecular weight is 317 g/mol. The molecule has 0 fully saturated rings. The molecule has 0 aliphatic rings. The maximum Gasteiger partial charge on any atom is 0.313 e. The topological polar surface area (TPSA) is 66.4 Å². The summed E-state index contributed by atoms with van der Waals surface area (Å²) in [6, 6.07) is 14.4. The van der Waals surface area contributed by atoms with Gasteiger partial charge in [0.1, 0.15) is 0 Å². The van der Waals surface area contributed by atoms with Crippen molar-refractivity contribution >= 4 is 34.4 Å². The van der Waals surface area contributed by atoms with Crippen molar-refractivity contribution in [2.24, 2.45) is 0 Å². The van der Waals surface area contributed by atoms with Crippen molar-refractivity contribution in [3.63, 3.8) is 0 Å². The third-order valence-corrected chi connectivity index (χ3v) is 4.19. The quantitative estimate of drug-likeness (QED) is 0.735. The van der Waals surface area contributed by atoms with Gasteiger partial charge in [0.15, 0.2) is 0 Å². The molecule has 5 heteroatoms. The van der Waals surface area contributed by atoms with Crippen LogP contribution >= 0.6 is 11.8 Å². The van der Waals surface area contributed by atoms with Gasteiger partial charge in [-0.15, -0.1) is 11.8 Å². The second-order valence-electron chi connectivity index (χ2n) is 4.98. The lowest BCUT2D eigenvalue weighted by atomic mass is 10.0. The average Bonchev–Trinajstić information content (AvgIpc) is 2.52. The van der Waals surface area contributed by atoms with Gasteiger partial charge in [-0.1, -0.05) is 42.5 Å². The molecule has 116 valence electrons. The van der Waals surface area contributed by atoms with Crippen LogP contribution in [0.1, 0.15) is 12.0 Å². The zero-order valence-corrected chi connectivity index (χ0v) is 13.1. The molecular formula is C17H19NO3S. The zero-order chi connectivity index (χ0) is 15.8. The molecule has 0 bridgehead atoms. The van der Waals surface area contributed by atoms with E-state index in [9.17, 15) is 9.59 Å². The molecule has 0 saturated heterocycles. The van der Waals surface area contributed by atoms with E-state index in [1.54, 1.807) is 0 Å². The van der Waals surface area contributed by atoms with Crippen LogP contribution in [0.4, 0.5) is 0 Å². The van der Waals surface area contributed by atoms with Crippen molar-refractivity contribution in [1.82, 2.24) is 5.32 Å². The highest BCUT2D eigenvalue weighted by Gasteiger charge is 2.03. The number of nitrogens with one attached hydrogen (secondary N) is 1. The molecular weight excluding hydrogens is 298 g/mol. The number of hydrogen-bond donors (Lipinski definition) is 2. The first-order chi connectivity index (χ1) is 10.6. The number of carbonyl (C=O) groups is 2. The Bertz CT molecular complexity index is 657. The molecule has 22 heavy (non-hydrogen) atoms. The van der Waals surface area contributed by atoms with Gasteiger partial charge in [0.2, 0.25) is 5.91 Å². The minimum absolute atomic E-state index is 0.00378. The molecule has 0 heterocycles. The van der Waals surface area contributed by atoms with Gasteiger partial charge >= 0.3 is 5.97 Å². The number of carbonyl (C=O) groups excluding carboxylic acids is 1. The van der Waals surface area contributed by atoms with E-state index in [4.69, 9.17) is 5.11 Å². The second-order valence-corrected chi connectivity index (χ2v) is 6.08. The van der Waals surface area contributed by atoms with E-state index in [-0.39, 0.29) is 11.7 Å². The number of rotatable bonds is 8. The summed E-state index contributed by atoms with van der Waals surface area (Å²) in [5.74, 6) is -0.127. The Balaban J connectivity index is 1.72. The predicted octanol–water partition coefficient (Wildman–Crippen LogP) is 2.71. The number of thioether (sulfide) groups is 1. The number of amides is 1. The Hall–Kier alpha value is -2.01. The molecule has 2 N–H and O–H groups in total. The van der Waals surface area contributed by atoms with Gasteiger partial charge < -0.3 is 10.4 Å². The molecule has 2 aromatic rings. The Kier molecular flexibility index (Phi) is 6.27. The summed E-state index contributed by atoms with van der Waals surface area (Å²) in [6.45, 7) is 0.508. The first kappa shape index (κ1) is 16.4. The third kappa shape index (κ3) is 5.41. The van der Waals surface area contributed by atoms with Crippen molar-refractivity contribution < 1.29 is 14.7 Å². The number of carboxylic acids is 1. The number of carboxylic acid groups (broad SMARTS) is 1. The monoisotopic (exact) mass is 317 g/mol. The third-order valence-electron chi connectivity index (χ3n) is 3.25. The smallest absolute Gasteiger partial charge is 0.313 e. The maximum absolute atomic E-state index is 11.7. The van der Waals surface area contributed by atoms with Crippen molar-refractivity contribution in [2.45, 2.75) is 12.8 Å². The highest BCUT2D eigenvalue weighted by molar-refractivity contribution is 7.99. The summed E-state index contributed by atoms with van der Waals surface area (Å²) in [4.78, 5) is 22.1. The highest BCUT2D eigenvalue weighted by atomic mass is 32.2. The lowest BCUT2D eigenvalue weighted by molar-refractivity contribution is -0.133. The Morgan fingerprint density at radius 1 is 1.09 bits per heavy atom. The van der Waals surface area contributed by atoms with Gasteiger partial charge in [-0.3, -0.25) is 9.59 Å². The largest absolute Gasteiger partial charge is 0.481 e. The van der Waals surface area contributed by atoms with Gasteiger partial charge in [-0.05, 0) is 22.8 Å². The van der Waals surface area contributed by atoms with Crippen LogP contribution in [-0.2, 0) is 16.0 Å². The molecule has 0 radical (unpaired) electrons. The highest BCUT2D eigenvalue weighted by Crippen LogP contribution is 2.16. The van der Waals surface area contributed by atoms with Crippen LogP contribution < -0.4 is 5.32 Å². The first-order valence-corrected chi connectivity index (χ1v) is 8.34. The lowest BCUT2D eigenvalue weighted by Gasteiger charge is -2.06. The van der Waals surface area contributed by atoms with Crippen LogP contribution in [0.5, 0.6) is 0 Å². The summed E-state index contributed by atoms with van der Waals surface area (Å²) in [5.41, 5.74) is 1.15. The fourth-order valence-electron chi connectivity index (χ4n) is 2.16. The number of aryl methyl sites for hydroxylation is 1. The van der Waals surface area contributed by atoms with E-state index < -0.39 is 5.97 Å². The first-order valence-electron chi connectivity index (χ1n) is 7.19. The van der Waals surface area contributed by atoms with Gasteiger partial charge in [0.25, 0.3) is 0 Å². The predicted molar refractivity (Wildman–Crippen MR) is 90.2 cm³/mol. The lowest BCUT2D eigenvalue weighted by Crippen LogP contribution is -2.26. The van der Waals surface area contributed by atoms with Crippen LogP contribution in [0.25, 0.3) is 10.8 Å². The van der Waals surface area contributed by atoms with Gasteiger partial charge in [0.05, 0.1) is 5.75 Å². The van der Waals surface area contributed by atoms with E-state index in [1.165, 1.54) is 22.5 Å². The Morgan fingerprint density at radius 3 is 2.64 bits per heavy atom. The Morgan fingerprint density at radius 2 is 1.86 bits per heavy atom. The second kappa shape index (κ2) is 8.44. The molecule has 0 atom stereocenters. The van der Waals surface area contributed by atoms with E-state index in [1.807, 2.05) is 12.1 Å². The fraction of sp³-hybridized carbons (Fsp3) is 0.294. The van der Waals surface area contributed by atoms with Gasteiger partial charge in [0, 0.05) is 18.7 Å². The zero-order valence-electron chi connectivity index (χ0n) is 12.2. The molecule has 0 aliphatic carbocycles. The number of aliphatic carboxylic acids is 1. The molecule has 0 aliphatic heterocycles. The van der Waals surface area contributed by atoms with Crippen molar-refractivity contribution in [2.75, 3.05) is 18.1 Å². The van der Waals surface area contributed by atoms with E-state index >= 15 is 0 Å². The number of hydrogen-bond acceptors (Lipinski definition) is 3. The minimum atomic E-state index is -0.826. The maximum atomic E-state index is 11.7.